The molecule has 0 N–H and O–H groups in total. The molecule has 1 aliphatic heterocycles. The van der Waals surface area contributed by atoms with E-state index in [1.54, 1.807) is 19.5 Å². The predicted molar refractivity (Wildman–Crippen MR) is 97.7 cm³/mol. The summed E-state index contributed by atoms with van der Waals surface area (Å²) >= 11 is 0. The molecule has 1 amide bonds. The Labute approximate surface area is 148 Å². The van der Waals surface area contributed by atoms with E-state index in [2.05, 4.69) is 9.97 Å². The SMILES string of the molecule is CO[C@H]1CCCN(C(=O)c2ccc(-c3nccnc3N(C)C)cc2)C1. The van der Waals surface area contributed by atoms with E-state index < -0.39 is 0 Å². The van der Waals surface area contributed by atoms with Crippen LogP contribution in [0, 0.1) is 0 Å². The summed E-state index contributed by atoms with van der Waals surface area (Å²) in [6.07, 6.45) is 5.49. The van der Waals surface area contributed by atoms with Crippen LogP contribution in [0.25, 0.3) is 11.3 Å². The van der Waals surface area contributed by atoms with Crippen LogP contribution < -0.4 is 4.90 Å². The highest BCUT2D eigenvalue weighted by Crippen LogP contribution is 2.26. The molecule has 0 unspecified atom stereocenters. The first-order valence-electron chi connectivity index (χ1n) is 8.51. The Morgan fingerprint density at radius 2 is 1.92 bits per heavy atom. The number of rotatable bonds is 4. The monoisotopic (exact) mass is 340 g/mol. The minimum absolute atomic E-state index is 0.0558. The van der Waals surface area contributed by atoms with Gasteiger partial charge < -0.3 is 14.5 Å². The number of ether oxygens (including phenoxy) is 1. The zero-order valence-electron chi connectivity index (χ0n) is 15.0. The first-order valence-corrected chi connectivity index (χ1v) is 8.51. The molecule has 0 spiro atoms. The van der Waals surface area contributed by atoms with E-state index in [1.165, 1.54) is 0 Å². The van der Waals surface area contributed by atoms with E-state index in [-0.39, 0.29) is 12.0 Å². The van der Waals surface area contributed by atoms with Crippen LogP contribution in [-0.2, 0) is 4.74 Å². The number of hydrogen-bond donors (Lipinski definition) is 0. The van der Waals surface area contributed by atoms with Crippen molar-refractivity contribution in [2.24, 2.45) is 0 Å². The second kappa shape index (κ2) is 7.61. The maximum atomic E-state index is 12.7. The van der Waals surface area contributed by atoms with Crippen molar-refractivity contribution in [2.75, 3.05) is 39.2 Å². The lowest BCUT2D eigenvalue weighted by molar-refractivity contribution is 0.0269. The lowest BCUT2D eigenvalue weighted by Gasteiger charge is -2.32. The van der Waals surface area contributed by atoms with Gasteiger partial charge in [0.15, 0.2) is 5.82 Å². The van der Waals surface area contributed by atoms with Crippen molar-refractivity contribution in [3.05, 3.63) is 42.2 Å². The highest BCUT2D eigenvalue weighted by Gasteiger charge is 2.24. The molecule has 3 rings (SSSR count). The Morgan fingerprint density at radius 3 is 2.60 bits per heavy atom. The fourth-order valence-corrected chi connectivity index (χ4v) is 3.13. The number of likely N-dealkylation sites (tertiary alicyclic amines) is 1. The van der Waals surface area contributed by atoms with Crippen LogP contribution in [0.5, 0.6) is 0 Å². The van der Waals surface area contributed by atoms with Crippen molar-refractivity contribution in [1.82, 2.24) is 14.9 Å². The third-order valence-corrected chi connectivity index (χ3v) is 4.51. The minimum atomic E-state index is 0.0558. The van der Waals surface area contributed by atoms with Gasteiger partial charge in [0.05, 0.1) is 6.10 Å². The first-order chi connectivity index (χ1) is 12.1. The topological polar surface area (TPSA) is 58.6 Å². The highest BCUT2D eigenvalue weighted by atomic mass is 16.5. The Balaban J connectivity index is 1.80. The van der Waals surface area contributed by atoms with Crippen LogP contribution in [-0.4, -0.2) is 61.2 Å². The number of methoxy groups -OCH3 is 1. The van der Waals surface area contributed by atoms with E-state index >= 15 is 0 Å². The van der Waals surface area contributed by atoms with Crippen LogP contribution in [0.4, 0.5) is 5.82 Å². The summed E-state index contributed by atoms with van der Waals surface area (Å²) in [6.45, 7) is 1.45. The van der Waals surface area contributed by atoms with Gasteiger partial charge in [-0.15, -0.1) is 0 Å². The van der Waals surface area contributed by atoms with Gasteiger partial charge in [-0.3, -0.25) is 9.78 Å². The quantitative estimate of drug-likeness (QED) is 0.856. The third kappa shape index (κ3) is 3.79. The van der Waals surface area contributed by atoms with Crippen molar-refractivity contribution in [3.8, 4) is 11.3 Å². The van der Waals surface area contributed by atoms with Crippen molar-refractivity contribution in [1.29, 1.82) is 0 Å². The van der Waals surface area contributed by atoms with Gasteiger partial charge in [-0.05, 0) is 25.0 Å². The number of benzene rings is 1. The van der Waals surface area contributed by atoms with E-state index in [4.69, 9.17) is 4.74 Å². The van der Waals surface area contributed by atoms with Crippen LogP contribution in [0.15, 0.2) is 36.7 Å². The van der Waals surface area contributed by atoms with Crippen LogP contribution in [0.3, 0.4) is 0 Å². The number of nitrogens with zero attached hydrogens (tertiary/aromatic N) is 4. The molecule has 1 aliphatic rings. The zero-order chi connectivity index (χ0) is 17.8. The fraction of sp³-hybridized carbons (Fsp3) is 0.421. The lowest BCUT2D eigenvalue weighted by Crippen LogP contribution is -2.42. The Bertz CT molecular complexity index is 730. The average molecular weight is 340 g/mol. The lowest BCUT2D eigenvalue weighted by atomic mass is 10.0. The molecule has 132 valence electrons. The van der Waals surface area contributed by atoms with E-state index in [1.807, 2.05) is 48.2 Å². The van der Waals surface area contributed by atoms with Crippen LogP contribution in [0.2, 0.25) is 0 Å². The second-order valence-corrected chi connectivity index (χ2v) is 6.45. The smallest absolute Gasteiger partial charge is 0.253 e. The summed E-state index contributed by atoms with van der Waals surface area (Å²) in [5.74, 6) is 0.862. The number of amides is 1. The van der Waals surface area contributed by atoms with E-state index in [0.717, 1.165) is 36.5 Å². The van der Waals surface area contributed by atoms with Crippen molar-refractivity contribution in [3.63, 3.8) is 0 Å². The van der Waals surface area contributed by atoms with Gasteiger partial charge in [0.2, 0.25) is 0 Å². The molecular formula is C19H24N4O2. The van der Waals surface area contributed by atoms with Gasteiger partial charge in [0.25, 0.3) is 5.91 Å². The molecule has 25 heavy (non-hydrogen) atoms. The zero-order valence-corrected chi connectivity index (χ0v) is 15.0. The summed E-state index contributed by atoms with van der Waals surface area (Å²) < 4.78 is 5.41. The Morgan fingerprint density at radius 1 is 1.20 bits per heavy atom. The summed E-state index contributed by atoms with van der Waals surface area (Å²) in [6, 6.07) is 7.59. The van der Waals surface area contributed by atoms with Gasteiger partial charge in [-0.25, -0.2) is 4.98 Å². The first kappa shape index (κ1) is 17.4. The number of carbonyl (C=O) groups is 1. The molecule has 1 aromatic carbocycles. The fourth-order valence-electron chi connectivity index (χ4n) is 3.13. The van der Waals surface area contributed by atoms with Gasteiger partial charge in [-0.2, -0.15) is 0 Å². The number of hydrogen-bond acceptors (Lipinski definition) is 5. The summed E-state index contributed by atoms with van der Waals surface area (Å²) in [7, 11) is 5.58. The Hall–Kier alpha value is -2.47. The number of carbonyl (C=O) groups excluding carboxylic acids is 1. The number of piperidine rings is 1. The molecule has 2 aromatic rings. The largest absolute Gasteiger partial charge is 0.380 e. The molecule has 0 saturated carbocycles. The van der Waals surface area contributed by atoms with E-state index in [0.29, 0.717) is 12.1 Å². The Kier molecular flexibility index (Phi) is 5.28. The molecular weight excluding hydrogens is 316 g/mol. The molecule has 1 aromatic heterocycles. The predicted octanol–water partition coefficient (Wildman–Crippen LogP) is 2.46. The standard InChI is InChI=1S/C19H24N4O2/c1-22(2)18-17(20-10-11-21-18)14-6-8-15(9-7-14)19(24)23-12-4-5-16(13-23)25-3/h6-11,16H,4-5,12-13H2,1-3H3/t16-/m0/s1. The molecule has 0 radical (unpaired) electrons. The normalized spacial score (nSPS) is 17.4. The maximum Gasteiger partial charge on any atom is 0.253 e. The van der Waals surface area contributed by atoms with Crippen molar-refractivity contribution in [2.45, 2.75) is 18.9 Å². The summed E-state index contributed by atoms with van der Waals surface area (Å²) in [5, 5.41) is 0. The molecule has 0 bridgehead atoms. The molecule has 6 nitrogen and oxygen atoms in total. The van der Waals surface area contributed by atoms with E-state index in [9.17, 15) is 4.79 Å². The van der Waals surface area contributed by atoms with Gasteiger partial charge in [0, 0.05) is 57.8 Å². The van der Waals surface area contributed by atoms with Crippen LogP contribution >= 0.6 is 0 Å². The second-order valence-electron chi connectivity index (χ2n) is 6.45. The molecule has 1 saturated heterocycles. The minimum Gasteiger partial charge on any atom is -0.380 e. The molecule has 6 heteroatoms. The van der Waals surface area contributed by atoms with Gasteiger partial charge >= 0.3 is 0 Å². The summed E-state index contributed by atoms with van der Waals surface area (Å²) in [5.41, 5.74) is 2.45. The molecule has 2 heterocycles. The molecule has 0 aliphatic carbocycles. The maximum absolute atomic E-state index is 12.7. The van der Waals surface area contributed by atoms with Gasteiger partial charge in [-0.1, -0.05) is 12.1 Å². The number of anilines is 1. The molecule has 1 fully saturated rings. The highest BCUT2D eigenvalue weighted by molar-refractivity contribution is 5.95. The van der Waals surface area contributed by atoms with Crippen molar-refractivity contribution < 1.29 is 9.53 Å². The summed E-state index contributed by atoms with van der Waals surface area (Å²) in [4.78, 5) is 25.3. The van der Waals surface area contributed by atoms with Crippen LogP contribution in [0.1, 0.15) is 23.2 Å². The number of aromatic nitrogens is 2. The molecule has 1 atom stereocenters. The van der Waals surface area contributed by atoms with Gasteiger partial charge in [0.1, 0.15) is 5.69 Å². The van der Waals surface area contributed by atoms with Crippen molar-refractivity contribution >= 4 is 11.7 Å². The third-order valence-electron chi connectivity index (χ3n) is 4.51. The average Bonchev–Trinajstić information content (AvgIpc) is 2.67.